The van der Waals surface area contributed by atoms with Crippen molar-refractivity contribution in [1.82, 2.24) is 4.90 Å². The van der Waals surface area contributed by atoms with Crippen LogP contribution in [0.3, 0.4) is 0 Å². The lowest BCUT2D eigenvalue weighted by molar-refractivity contribution is 0.101. The number of rotatable bonds is 2. The van der Waals surface area contributed by atoms with E-state index in [9.17, 15) is 4.79 Å². The van der Waals surface area contributed by atoms with Gasteiger partial charge in [0.15, 0.2) is 5.78 Å². The van der Waals surface area contributed by atoms with Crippen LogP contribution in [0, 0.1) is 10.8 Å². The van der Waals surface area contributed by atoms with Crippen molar-refractivity contribution in [3.63, 3.8) is 0 Å². The van der Waals surface area contributed by atoms with E-state index in [1.165, 1.54) is 17.6 Å². The molecule has 1 heterocycles. The van der Waals surface area contributed by atoms with Crippen molar-refractivity contribution in [2.45, 2.75) is 40.5 Å². The molecular weight excluding hydrogens is 294 g/mol. The van der Waals surface area contributed by atoms with Crippen LogP contribution in [0.4, 0.5) is 0 Å². The number of hydrogen-bond donors (Lipinski definition) is 0. The van der Waals surface area contributed by atoms with Gasteiger partial charge in [0.2, 0.25) is 0 Å². The maximum atomic E-state index is 11.5. The Hall–Kier alpha value is -1.67. The van der Waals surface area contributed by atoms with E-state index in [0.29, 0.717) is 0 Å². The number of Topliss-reactive ketones (excluding diaryl/α,β-unsaturated/α-hetero) is 1. The van der Waals surface area contributed by atoms with E-state index >= 15 is 0 Å². The summed E-state index contributed by atoms with van der Waals surface area (Å²) in [6.45, 7) is 10.9. The molecule has 3 rings (SSSR count). The molecule has 0 saturated heterocycles. The molecule has 0 amide bonds. The maximum Gasteiger partial charge on any atom is 0.159 e. The Balaban J connectivity index is 2.02. The second-order valence-electron chi connectivity index (χ2n) is 8.27. The molecular formula is C22H29NO. The molecule has 2 nitrogen and oxygen atoms in total. The molecule has 0 N–H and O–H groups in total. The first kappa shape index (κ1) is 17.2. The van der Waals surface area contributed by atoms with Gasteiger partial charge in [-0.1, -0.05) is 62.8 Å². The second kappa shape index (κ2) is 6.00. The molecule has 0 radical (unpaired) electrons. The number of likely N-dealkylation sites (N-methyl/N-ethyl adjacent to an activating group) is 1. The Kier molecular flexibility index (Phi) is 4.29. The van der Waals surface area contributed by atoms with Crippen molar-refractivity contribution in [3.05, 3.63) is 53.1 Å². The zero-order chi connectivity index (χ0) is 17.5. The second-order valence-corrected chi connectivity index (χ2v) is 8.27. The molecule has 128 valence electrons. The molecule has 1 aliphatic heterocycles. The number of carbonyl (C=O) groups excluding carboxylic acids is 1. The van der Waals surface area contributed by atoms with Crippen LogP contribution in [-0.4, -0.2) is 30.8 Å². The van der Waals surface area contributed by atoms with Crippen LogP contribution in [0.25, 0.3) is 5.57 Å². The van der Waals surface area contributed by atoms with Gasteiger partial charge in [-0.25, -0.2) is 0 Å². The van der Waals surface area contributed by atoms with Gasteiger partial charge in [-0.15, -0.1) is 0 Å². The van der Waals surface area contributed by atoms with Gasteiger partial charge in [0.1, 0.15) is 0 Å². The van der Waals surface area contributed by atoms with Crippen LogP contribution >= 0.6 is 0 Å². The minimum atomic E-state index is 0.0237. The monoisotopic (exact) mass is 323 g/mol. The lowest BCUT2D eigenvalue weighted by Crippen LogP contribution is -2.34. The topological polar surface area (TPSA) is 20.3 Å². The standard InChI is InChI=1S/C22H29NO/c1-16(24)17-6-8-18(9-7-17)19-10-12-22(4)13-15-23(5)14-11-20(22)21(19,2)3/h6-11H,12-15H2,1-5H3/t22-/m1/s1. The molecule has 0 spiro atoms. The van der Waals surface area contributed by atoms with Gasteiger partial charge in [0.05, 0.1) is 0 Å². The average Bonchev–Trinajstić information content (AvgIpc) is 2.67. The lowest BCUT2D eigenvalue weighted by atomic mass is 9.58. The fourth-order valence-electron chi connectivity index (χ4n) is 4.47. The number of nitrogens with zero attached hydrogens (tertiary/aromatic N) is 1. The molecule has 1 aromatic rings. The first-order valence-corrected chi connectivity index (χ1v) is 8.96. The van der Waals surface area contributed by atoms with Gasteiger partial charge in [0, 0.05) is 17.5 Å². The molecule has 1 aliphatic carbocycles. The summed E-state index contributed by atoms with van der Waals surface area (Å²) >= 11 is 0. The first-order chi connectivity index (χ1) is 11.2. The van der Waals surface area contributed by atoms with Crippen molar-refractivity contribution < 1.29 is 4.79 Å². The van der Waals surface area contributed by atoms with E-state index in [2.05, 4.69) is 57.0 Å². The minimum absolute atomic E-state index is 0.0237. The quantitative estimate of drug-likeness (QED) is 0.565. The van der Waals surface area contributed by atoms with E-state index in [1.54, 1.807) is 12.5 Å². The van der Waals surface area contributed by atoms with Gasteiger partial charge in [-0.3, -0.25) is 4.79 Å². The molecule has 0 unspecified atom stereocenters. The predicted molar refractivity (Wildman–Crippen MR) is 101 cm³/mol. The molecule has 1 aromatic carbocycles. The Bertz CT molecular complexity index is 708. The van der Waals surface area contributed by atoms with Crippen molar-refractivity contribution in [3.8, 4) is 0 Å². The van der Waals surface area contributed by atoms with Crippen LogP contribution in [0.15, 0.2) is 42.0 Å². The fourth-order valence-corrected chi connectivity index (χ4v) is 4.47. The fraction of sp³-hybridized carbons (Fsp3) is 0.500. The summed E-state index contributed by atoms with van der Waals surface area (Å²) < 4.78 is 0. The molecule has 0 bridgehead atoms. The van der Waals surface area contributed by atoms with Crippen molar-refractivity contribution in [2.24, 2.45) is 10.8 Å². The highest BCUT2D eigenvalue weighted by atomic mass is 16.1. The van der Waals surface area contributed by atoms with Gasteiger partial charge >= 0.3 is 0 Å². The summed E-state index contributed by atoms with van der Waals surface area (Å²) in [6, 6.07) is 8.13. The van der Waals surface area contributed by atoms with E-state index in [4.69, 9.17) is 0 Å². The third-order valence-corrected chi connectivity index (χ3v) is 6.01. The van der Waals surface area contributed by atoms with E-state index in [-0.39, 0.29) is 16.6 Å². The zero-order valence-electron chi connectivity index (χ0n) is 15.6. The van der Waals surface area contributed by atoms with E-state index in [1.807, 2.05) is 12.1 Å². The molecule has 1 atom stereocenters. The highest BCUT2D eigenvalue weighted by Crippen LogP contribution is 2.55. The summed E-state index contributed by atoms with van der Waals surface area (Å²) in [6.07, 6.45) is 7.21. The van der Waals surface area contributed by atoms with Gasteiger partial charge < -0.3 is 4.90 Å². The van der Waals surface area contributed by atoms with E-state index in [0.717, 1.165) is 25.1 Å². The number of hydrogen-bond acceptors (Lipinski definition) is 2. The maximum absolute atomic E-state index is 11.5. The van der Waals surface area contributed by atoms with Gasteiger partial charge in [-0.2, -0.15) is 0 Å². The molecule has 0 saturated carbocycles. The smallest absolute Gasteiger partial charge is 0.159 e. The summed E-state index contributed by atoms with van der Waals surface area (Å²) in [4.78, 5) is 13.9. The molecule has 24 heavy (non-hydrogen) atoms. The zero-order valence-corrected chi connectivity index (χ0v) is 15.6. The van der Waals surface area contributed by atoms with Crippen molar-refractivity contribution >= 4 is 11.4 Å². The van der Waals surface area contributed by atoms with Crippen LogP contribution in [0.5, 0.6) is 0 Å². The van der Waals surface area contributed by atoms with Crippen LogP contribution in [-0.2, 0) is 0 Å². The summed E-state index contributed by atoms with van der Waals surface area (Å²) in [5.74, 6) is 0.125. The molecule has 0 fully saturated rings. The predicted octanol–water partition coefficient (Wildman–Crippen LogP) is 4.97. The largest absolute Gasteiger partial charge is 0.303 e. The minimum Gasteiger partial charge on any atom is -0.303 e. The third kappa shape index (κ3) is 2.88. The number of carbonyl (C=O) groups is 1. The summed E-state index contributed by atoms with van der Waals surface area (Å²) in [5.41, 5.74) is 5.28. The lowest BCUT2D eigenvalue weighted by Gasteiger charge is -2.46. The summed E-state index contributed by atoms with van der Waals surface area (Å²) in [5, 5.41) is 0. The van der Waals surface area contributed by atoms with Crippen molar-refractivity contribution in [2.75, 3.05) is 20.1 Å². The Morgan fingerprint density at radius 2 is 1.75 bits per heavy atom. The molecule has 2 aliphatic rings. The van der Waals surface area contributed by atoms with Crippen molar-refractivity contribution in [1.29, 1.82) is 0 Å². The average molecular weight is 323 g/mol. The Morgan fingerprint density at radius 3 is 2.38 bits per heavy atom. The Morgan fingerprint density at radius 1 is 1.08 bits per heavy atom. The van der Waals surface area contributed by atoms with Crippen LogP contribution < -0.4 is 0 Å². The van der Waals surface area contributed by atoms with Gasteiger partial charge in [-0.05, 0) is 49.9 Å². The summed E-state index contributed by atoms with van der Waals surface area (Å²) in [7, 11) is 2.21. The number of benzene rings is 1. The third-order valence-electron chi connectivity index (χ3n) is 6.01. The van der Waals surface area contributed by atoms with E-state index < -0.39 is 0 Å². The first-order valence-electron chi connectivity index (χ1n) is 8.96. The SMILES string of the molecule is CC(=O)c1ccc(C2=CC[C@]3(C)CCN(C)CC=C3C2(C)C)cc1. The number of allylic oxidation sites excluding steroid dienone is 3. The molecule has 0 aromatic heterocycles. The Labute approximate surface area is 146 Å². The van der Waals surface area contributed by atoms with Gasteiger partial charge in [0.25, 0.3) is 0 Å². The normalized spacial score (nSPS) is 26.9. The van der Waals surface area contributed by atoms with Crippen LogP contribution in [0.1, 0.15) is 56.5 Å². The molecule has 2 heteroatoms. The number of ketones is 1. The highest BCUT2D eigenvalue weighted by molar-refractivity contribution is 5.94. The highest BCUT2D eigenvalue weighted by Gasteiger charge is 2.43. The van der Waals surface area contributed by atoms with Crippen LogP contribution in [0.2, 0.25) is 0 Å². The number of fused-ring (bicyclic) bond motifs is 1.